The molecule has 0 aromatic heterocycles. The van der Waals surface area contributed by atoms with Gasteiger partial charge in [-0.05, 0) is 19.1 Å². The van der Waals surface area contributed by atoms with Gasteiger partial charge in [0.15, 0.2) is 5.96 Å². The molecule has 30 heavy (non-hydrogen) atoms. The van der Waals surface area contributed by atoms with Crippen LogP contribution in [0.1, 0.15) is 26.7 Å². The molecule has 2 aliphatic rings. The molecule has 2 aliphatic heterocycles. The Balaban J connectivity index is 0.00000320. The number of hydrogen-bond acceptors (Lipinski definition) is 4. The maximum absolute atomic E-state index is 11.4. The summed E-state index contributed by atoms with van der Waals surface area (Å²) in [5.41, 5.74) is 0. The number of rotatable bonds is 6. The number of para-hydroxylation sites is 1. The Kier molecular flexibility index (Phi) is 10.7. The van der Waals surface area contributed by atoms with Gasteiger partial charge in [-0.2, -0.15) is 0 Å². The van der Waals surface area contributed by atoms with E-state index in [1.165, 1.54) is 0 Å². The molecule has 1 aromatic rings. The van der Waals surface area contributed by atoms with E-state index in [9.17, 15) is 4.79 Å². The van der Waals surface area contributed by atoms with Crippen molar-refractivity contribution in [3.05, 3.63) is 30.3 Å². The molecule has 0 unspecified atom stereocenters. The number of nitrogens with one attached hydrogen (secondary N) is 1. The monoisotopic (exact) mass is 529 g/mol. The minimum atomic E-state index is 0. The number of likely N-dealkylation sites (tertiary alicyclic amines) is 1. The SMILES string of the molecule is CCNC(=NCCN1CCN(C(C)=O)CC1)N1CCC(Oc2ccccc2)CC1.I. The van der Waals surface area contributed by atoms with Gasteiger partial charge in [0.05, 0.1) is 6.54 Å². The first-order valence-corrected chi connectivity index (χ1v) is 10.9. The lowest BCUT2D eigenvalue weighted by Crippen LogP contribution is -2.49. The summed E-state index contributed by atoms with van der Waals surface area (Å²) in [5.74, 6) is 2.14. The number of aliphatic imine (C=N–C) groups is 1. The molecule has 0 saturated carbocycles. The zero-order chi connectivity index (χ0) is 20.5. The molecule has 0 radical (unpaired) electrons. The van der Waals surface area contributed by atoms with Crippen molar-refractivity contribution in [3.8, 4) is 5.75 Å². The van der Waals surface area contributed by atoms with Crippen molar-refractivity contribution in [2.24, 2.45) is 4.99 Å². The van der Waals surface area contributed by atoms with Gasteiger partial charge in [-0.3, -0.25) is 14.7 Å². The number of amides is 1. The van der Waals surface area contributed by atoms with Gasteiger partial charge in [0.1, 0.15) is 11.9 Å². The lowest BCUT2D eigenvalue weighted by molar-refractivity contribution is -0.130. The number of halogens is 1. The van der Waals surface area contributed by atoms with E-state index in [-0.39, 0.29) is 36.0 Å². The molecular formula is C22H36IN5O2. The summed E-state index contributed by atoms with van der Waals surface area (Å²) in [6.07, 6.45) is 2.28. The van der Waals surface area contributed by atoms with Crippen LogP contribution in [0.25, 0.3) is 0 Å². The Morgan fingerprint density at radius 2 is 1.73 bits per heavy atom. The minimum Gasteiger partial charge on any atom is -0.490 e. The van der Waals surface area contributed by atoms with Crippen molar-refractivity contribution < 1.29 is 9.53 Å². The van der Waals surface area contributed by atoms with Gasteiger partial charge in [0.25, 0.3) is 0 Å². The number of carbonyl (C=O) groups excluding carboxylic acids is 1. The number of carbonyl (C=O) groups is 1. The molecule has 1 N–H and O–H groups in total. The fraction of sp³-hybridized carbons (Fsp3) is 0.636. The average Bonchev–Trinajstić information content (AvgIpc) is 2.75. The van der Waals surface area contributed by atoms with Crippen LogP contribution < -0.4 is 10.1 Å². The molecule has 168 valence electrons. The largest absolute Gasteiger partial charge is 0.490 e. The van der Waals surface area contributed by atoms with Crippen molar-refractivity contribution in [1.82, 2.24) is 20.0 Å². The van der Waals surface area contributed by atoms with Crippen LogP contribution in [-0.2, 0) is 4.79 Å². The molecule has 7 nitrogen and oxygen atoms in total. The van der Waals surface area contributed by atoms with Crippen LogP contribution in [-0.4, -0.2) is 91.6 Å². The van der Waals surface area contributed by atoms with Gasteiger partial charge in [0.2, 0.25) is 5.91 Å². The van der Waals surface area contributed by atoms with Crippen molar-refractivity contribution in [2.45, 2.75) is 32.8 Å². The highest BCUT2D eigenvalue weighted by atomic mass is 127. The maximum Gasteiger partial charge on any atom is 0.219 e. The van der Waals surface area contributed by atoms with Crippen molar-refractivity contribution >= 4 is 35.8 Å². The molecule has 2 saturated heterocycles. The van der Waals surface area contributed by atoms with Crippen LogP contribution in [0.2, 0.25) is 0 Å². The third-order valence-electron chi connectivity index (χ3n) is 5.62. The van der Waals surface area contributed by atoms with E-state index in [1.54, 1.807) is 6.92 Å². The molecule has 3 rings (SSSR count). The topological polar surface area (TPSA) is 60.4 Å². The number of piperazine rings is 1. The first kappa shape index (κ1) is 24.7. The standard InChI is InChI=1S/C22H35N5O2.HI/c1-3-23-22(24-11-14-25-15-17-26(18-16-25)19(2)28)27-12-9-21(10-13-27)29-20-7-5-4-6-8-20;/h4-8,21H,3,9-18H2,1-2H3,(H,23,24);1H. The number of ether oxygens (including phenoxy) is 1. The van der Waals surface area contributed by atoms with Gasteiger partial charge in [0, 0.05) is 72.1 Å². The molecule has 0 atom stereocenters. The Morgan fingerprint density at radius 1 is 1.07 bits per heavy atom. The number of piperidine rings is 1. The molecule has 2 fully saturated rings. The van der Waals surface area contributed by atoms with Gasteiger partial charge < -0.3 is 19.9 Å². The Labute approximate surface area is 197 Å². The fourth-order valence-corrected chi connectivity index (χ4v) is 3.89. The van der Waals surface area contributed by atoms with Crippen molar-refractivity contribution in [3.63, 3.8) is 0 Å². The number of nitrogens with zero attached hydrogens (tertiary/aromatic N) is 4. The zero-order valence-electron chi connectivity index (χ0n) is 18.3. The van der Waals surface area contributed by atoms with Crippen LogP contribution >= 0.6 is 24.0 Å². The molecule has 1 amide bonds. The fourth-order valence-electron chi connectivity index (χ4n) is 3.89. The highest BCUT2D eigenvalue weighted by Gasteiger charge is 2.23. The summed E-state index contributed by atoms with van der Waals surface area (Å²) in [6.45, 7) is 11.8. The molecule has 2 heterocycles. The highest BCUT2D eigenvalue weighted by Crippen LogP contribution is 2.18. The average molecular weight is 529 g/mol. The summed E-state index contributed by atoms with van der Waals surface area (Å²) in [5, 5.41) is 3.44. The molecule has 8 heteroatoms. The summed E-state index contributed by atoms with van der Waals surface area (Å²) in [7, 11) is 0. The number of benzene rings is 1. The Morgan fingerprint density at radius 3 is 2.33 bits per heavy atom. The second kappa shape index (κ2) is 13.0. The number of guanidine groups is 1. The van der Waals surface area contributed by atoms with Gasteiger partial charge >= 0.3 is 0 Å². The van der Waals surface area contributed by atoms with E-state index in [4.69, 9.17) is 9.73 Å². The van der Waals surface area contributed by atoms with Crippen molar-refractivity contribution in [2.75, 3.05) is 58.9 Å². The van der Waals surface area contributed by atoms with Gasteiger partial charge in [-0.1, -0.05) is 18.2 Å². The van der Waals surface area contributed by atoms with Crippen LogP contribution in [0, 0.1) is 0 Å². The first-order valence-electron chi connectivity index (χ1n) is 10.9. The summed E-state index contributed by atoms with van der Waals surface area (Å²) < 4.78 is 6.11. The van der Waals surface area contributed by atoms with Gasteiger partial charge in [-0.25, -0.2) is 0 Å². The quantitative estimate of drug-likeness (QED) is 0.348. The predicted molar refractivity (Wildman–Crippen MR) is 132 cm³/mol. The number of hydrogen-bond donors (Lipinski definition) is 1. The molecular weight excluding hydrogens is 493 g/mol. The third kappa shape index (κ3) is 7.61. The van der Waals surface area contributed by atoms with E-state index >= 15 is 0 Å². The van der Waals surface area contributed by atoms with E-state index in [0.29, 0.717) is 0 Å². The Hall–Kier alpha value is -1.55. The van der Waals surface area contributed by atoms with E-state index in [2.05, 4.69) is 22.0 Å². The van der Waals surface area contributed by atoms with Crippen molar-refractivity contribution in [1.29, 1.82) is 0 Å². The van der Waals surface area contributed by atoms with Crippen LogP contribution in [0.3, 0.4) is 0 Å². The lowest BCUT2D eigenvalue weighted by atomic mass is 10.1. The summed E-state index contributed by atoms with van der Waals surface area (Å²) >= 11 is 0. The highest BCUT2D eigenvalue weighted by molar-refractivity contribution is 14.0. The van der Waals surface area contributed by atoms with E-state index in [0.717, 1.165) is 83.5 Å². The predicted octanol–water partition coefficient (Wildman–Crippen LogP) is 2.28. The van der Waals surface area contributed by atoms with Crippen LogP contribution in [0.15, 0.2) is 35.3 Å². The van der Waals surface area contributed by atoms with Crippen LogP contribution in [0.4, 0.5) is 0 Å². The second-order valence-electron chi connectivity index (χ2n) is 7.70. The third-order valence-corrected chi connectivity index (χ3v) is 5.62. The summed E-state index contributed by atoms with van der Waals surface area (Å²) in [4.78, 5) is 23.0. The summed E-state index contributed by atoms with van der Waals surface area (Å²) in [6, 6.07) is 10.1. The molecule has 0 bridgehead atoms. The molecule has 0 spiro atoms. The maximum atomic E-state index is 11.4. The van der Waals surface area contributed by atoms with Crippen LogP contribution in [0.5, 0.6) is 5.75 Å². The normalized spacial score (nSPS) is 18.7. The molecule has 1 aromatic carbocycles. The van der Waals surface area contributed by atoms with Gasteiger partial charge in [-0.15, -0.1) is 24.0 Å². The zero-order valence-corrected chi connectivity index (χ0v) is 20.6. The lowest BCUT2D eigenvalue weighted by Gasteiger charge is -2.35. The minimum absolute atomic E-state index is 0. The second-order valence-corrected chi connectivity index (χ2v) is 7.70. The Bertz CT molecular complexity index is 657. The van der Waals surface area contributed by atoms with E-state index < -0.39 is 0 Å². The smallest absolute Gasteiger partial charge is 0.219 e. The first-order chi connectivity index (χ1) is 14.2. The van der Waals surface area contributed by atoms with E-state index in [1.807, 2.05) is 35.2 Å². The molecule has 0 aliphatic carbocycles.